The Morgan fingerprint density at radius 3 is 2.50 bits per heavy atom. The summed E-state index contributed by atoms with van der Waals surface area (Å²) < 4.78 is 17.8. The van der Waals surface area contributed by atoms with Crippen LogP contribution < -0.4 is 9.47 Å². The molecule has 1 heterocycles. The number of rotatable bonds is 9. The maximum atomic E-state index is 13.1. The highest BCUT2D eigenvalue weighted by Gasteiger charge is 2.48. The smallest absolute Gasteiger partial charge is 0.248 e. The topological polar surface area (TPSA) is 68.2 Å². The van der Waals surface area contributed by atoms with Crippen LogP contribution in [0.1, 0.15) is 63.5 Å². The molecule has 2 aliphatic rings. The van der Waals surface area contributed by atoms with Gasteiger partial charge in [-0.3, -0.25) is 4.79 Å². The minimum absolute atomic E-state index is 0.0224. The van der Waals surface area contributed by atoms with Crippen LogP contribution >= 0.6 is 0 Å². The van der Waals surface area contributed by atoms with Crippen molar-refractivity contribution in [3.63, 3.8) is 0 Å². The lowest BCUT2D eigenvalue weighted by Crippen LogP contribution is -2.38. The Hall–Kier alpha value is -2.57. The molecule has 0 bridgehead atoms. The molecule has 2 aromatic rings. The average molecular weight is 496 g/mol. The molecule has 36 heavy (non-hydrogen) atoms. The van der Waals surface area contributed by atoms with Gasteiger partial charge < -0.3 is 24.2 Å². The van der Waals surface area contributed by atoms with Crippen molar-refractivity contribution in [2.75, 3.05) is 26.8 Å². The minimum atomic E-state index is -0.586. The predicted octanol–water partition coefficient (Wildman–Crippen LogP) is 5.18. The molecule has 4 rings (SSSR count). The summed E-state index contributed by atoms with van der Waals surface area (Å²) in [5, 5.41) is 10.8. The molecule has 1 N–H and O–H groups in total. The van der Waals surface area contributed by atoms with Gasteiger partial charge in [0.2, 0.25) is 5.91 Å². The van der Waals surface area contributed by atoms with E-state index in [4.69, 9.17) is 14.2 Å². The van der Waals surface area contributed by atoms with E-state index in [2.05, 4.69) is 19.9 Å². The molecule has 196 valence electrons. The van der Waals surface area contributed by atoms with Crippen LogP contribution in [0.15, 0.2) is 48.5 Å². The fourth-order valence-electron chi connectivity index (χ4n) is 5.57. The Kier molecular flexibility index (Phi) is 8.58. The molecule has 1 aliphatic heterocycles. The first-order valence-electron chi connectivity index (χ1n) is 13.2. The summed E-state index contributed by atoms with van der Waals surface area (Å²) in [5.74, 6) is 2.13. The molecule has 2 fully saturated rings. The average Bonchev–Trinajstić information content (AvgIpc) is 3.25. The lowest BCUT2D eigenvalue weighted by molar-refractivity contribution is -0.136. The van der Waals surface area contributed by atoms with Crippen LogP contribution in [-0.4, -0.2) is 54.9 Å². The van der Waals surface area contributed by atoms with Crippen molar-refractivity contribution < 1.29 is 24.1 Å². The molecule has 2 aromatic carbocycles. The van der Waals surface area contributed by atoms with Crippen molar-refractivity contribution >= 4 is 5.91 Å². The standard InChI is InChI=1S/C30H41NO5/c1-21-10-13-25(14-11-21)36-28-16-24(12-15-27(28)34-4)26-17-31(20-30(26,3)22(2)32)29(33)19-35-18-23-8-6-5-7-9-23/h5-9,12,15-16,21-22,25-26,32H,10-11,13-14,17-20H2,1-4H3/t21?,22-,25?,26?,30?/m1/s1. The summed E-state index contributed by atoms with van der Waals surface area (Å²) in [6, 6.07) is 15.9. The summed E-state index contributed by atoms with van der Waals surface area (Å²) in [6.45, 7) is 7.61. The summed E-state index contributed by atoms with van der Waals surface area (Å²) in [6.07, 6.45) is 4.06. The highest BCUT2D eigenvalue weighted by Crippen LogP contribution is 2.47. The number of aliphatic hydroxyl groups is 1. The third-order valence-corrected chi connectivity index (χ3v) is 8.22. The zero-order chi connectivity index (χ0) is 25.7. The number of hydrogen-bond acceptors (Lipinski definition) is 5. The second-order valence-electron chi connectivity index (χ2n) is 10.9. The van der Waals surface area contributed by atoms with Crippen LogP contribution in [-0.2, 0) is 16.1 Å². The van der Waals surface area contributed by atoms with Crippen molar-refractivity contribution in [1.82, 2.24) is 4.90 Å². The maximum absolute atomic E-state index is 13.1. The molecule has 3 atom stereocenters. The second kappa shape index (κ2) is 11.7. The normalized spacial score (nSPS) is 27.0. The van der Waals surface area contributed by atoms with Gasteiger partial charge >= 0.3 is 0 Å². The zero-order valence-corrected chi connectivity index (χ0v) is 22.1. The number of amides is 1. The van der Waals surface area contributed by atoms with Crippen LogP contribution in [0.25, 0.3) is 0 Å². The first kappa shape index (κ1) is 26.5. The Bertz CT molecular complexity index is 1000. The number of hydrogen-bond donors (Lipinski definition) is 1. The van der Waals surface area contributed by atoms with Crippen LogP contribution in [0.3, 0.4) is 0 Å². The van der Waals surface area contributed by atoms with Crippen molar-refractivity contribution in [2.24, 2.45) is 11.3 Å². The van der Waals surface area contributed by atoms with E-state index in [1.165, 1.54) is 12.8 Å². The van der Waals surface area contributed by atoms with Crippen molar-refractivity contribution in [1.29, 1.82) is 0 Å². The van der Waals surface area contributed by atoms with Crippen LogP contribution in [0.5, 0.6) is 11.5 Å². The van der Waals surface area contributed by atoms with Crippen molar-refractivity contribution in [2.45, 2.75) is 71.2 Å². The van der Waals surface area contributed by atoms with Gasteiger partial charge in [-0.2, -0.15) is 0 Å². The van der Waals surface area contributed by atoms with Crippen molar-refractivity contribution in [3.05, 3.63) is 59.7 Å². The first-order chi connectivity index (χ1) is 17.3. The second-order valence-corrected chi connectivity index (χ2v) is 10.9. The van der Waals surface area contributed by atoms with E-state index in [0.29, 0.717) is 19.7 Å². The molecule has 0 radical (unpaired) electrons. The van der Waals surface area contributed by atoms with Gasteiger partial charge in [-0.25, -0.2) is 0 Å². The van der Waals surface area contributed by atoms with Gasteiger partial charge in [0.1, 0.15) is 6.61 Å². The Labute approximate surface area is 215 Å². The quantitative estimate of drug-likeness (QED) is 0.519. The fraction of sp³-hybridized carbons (Fsp3) is 0.567. The molecule has 6 heteroatoms. The van der Waals surface area contributed by atoms with E-state index < -0.39 is 11.5 Å². The number of benzene rings is 2. The van der Waals surface area contributed by atoms with E-state index in [0.717, 1.165) is 41.4 Å². The van der Waals surface area contributed by atoms with E-state index in [1.807, 2.05) is 54.3 Å². The van der Waals surface area contributed by atoms with E-state index in [-0.39, 0.29) is 24.5 Å². The minimum Gasteiger partial charge on any atom is -0.493 e. The molecule has 1 saturated heterocycles. The number of aliphatic hydroxyl groups excluding tert-OH is 1. The molecule has 0 aromatic heterocycles. The Morgan fingerprint density at radius 2 is 1.83 bits per heavy atom. The number of likely N-dealkylation sites (tertiary alicyclic amines) is 1. The van der Waals surface area contributed by atoms with Crippen LogP contribution in [0.4, 0.5) is 0 Å². The van der Waals surface area contributed by atoms with Gasteiger partial charge in [-0.05, 0) is 61.8 Å². The third kappa shape index (κ3) is 6.04. The van der Waals surface area contributed by atoms with Gasteiger partial charge in [0.25, 0.3) is 0 Å². The van der Waals surface area contributed by atoms with Gasteiger partial charge in [0, 0.05) is 24.4 Å². The molecule has 1 amide bonds. The maximum Gasteiger partial charge on any atom is 0.248 e. The molecule has 2 unspecified atom stereocenters. The molecular weight excluding hydrogens is 454 g/mol. The van der Waals surface area contributed by atoms with E-state index in [9.17, 15) is 9.90 Å². The van der Waals surface area contributed by atoms with Crippen LogP contribution in [0, 0.1) is 11.3 Å². The zero-order valence-electron chi connectivity index (χ0n) is 22.1. The lowest BCUT2D eigenvalue weighted by atomic mass is 9.72. The number of carbonyl (C=O) groups excluding carboxylic acids is 1. The summed E-state index contributed by atoms with van der Waals surface area (Å²) in [4.78, 5) is 14.9. The van der Waals surface area contributed by atoms with Crippen LogP contribution in [0.2, 0.25) is 0 Å². The number of nitrogens with zero attached hydrogens (tertiary/aromatic N) is 1. The van der Waals surface area contributed by atoms with E-state index >= 15 is 0 Å². The molecule has 1 aliphatic carbocycles. The lowest BCUT2D eigenvalue weighted by Gasteiger charge is -2.34. The fourth-order valence-corrected chi connectivity index (χ4v) is 5.57. The monoisotopic (exact) mass is 495 g/mol. The SMILES string of the molecule is COc1ccc(C2CN(C(=O)COCc3ccccc3)CC2(C)[C@@H](C)O)cc1OC1CCC(C)CC1. The van der Waals surface area contributed by atoms with Gasteiger partial charge in [-0.1, -0.05) is 50.2 Å². The molecule has 0 spiro atoms. The highest BCUT2D eigenvalue weighted by atomic mass is 16.5. The van der Waals surface area contributed by atoms with Gasteiger partial charge in [0.15, 0.2) is 11.5 Å². The third-order valence-electron chi connectivity index (χ3n) is 8.22. The summed E-state index contributed by atoms with van der Waals surface area (Å²) in [7, 11) is 1.66. The first-order valence-corrected chi connectivity index (χ1v) is 13.2. The van der Waals surface area contributed by atoms with Crippen molar-refractivity contribution in [3.8, 4) is 11.5 Å². The molecule has 6 nitrogen and oxygen atoms in total. The van der Waals surface area contributed by atoms with Gasteiger partial charge in [-0.15, -0.1) is 0 Å². The summed E-state index contributed by atoms with van der Waals surface area (Å²) >= 11 is 0. The Balaban J connectivity index is 1.47. The molecular formula is C30H41NO5. The Morgan fingerprint density at radius 1 is 1.11 bits per heavy atom. The molecule has 1 saturated carbocycles. The number of ether oxygens (including phenoxy) is 3. The number of methoxy groups -OCH3 is 1. The predicted molar refractivity (Wildman–Crippen MR) is 140 cm³/mol. The number of carbonyl (C=O) groups is 1. The van der Waals surface area contributed by atoms with Gasteiger partial charge in [0.05, 0.1) is 25.9 Å². The highest BCUT2D eigenvalue weighted by molar-refractivity contribution is 5.78. The van der Waals surface area contributed by atoms with E-state index in [1.54, 1.807) is 7.11 Å². The summed E-state index contributed by atoms with van der Waals surface area (Å²) in [5.41, 5.74) is 1.61. The largest absolute Gasteiger partial charge is 0.493 e.